The molecular weight excluding hydrogens is 789 g/mol. The Hall–Kier alpha value is -8.66. The number of furan rings is 1. The minimum absolute atomic E-state index is 0.902. The Morgan fingerprint density at radius 1 is 0.338 bits per heavy atom. The minimum Gasteiger partial charge on any atom is -0.455 e. The lowest BCUT2D eigenvalue weighted by Gasteiger charge is -2.28. The van der Waals surface area contributed by atoms with Crippen LogP contribution in [0.2, 0.25) is 0 Å². The predicted molar refractivity (Wildman–Crippen MR) is 274 cm³/mol. The summed E-state index contributed by atoms with van der Waals surface area (Å²) in [6, 6.07) is 87.7. The van der Waals surface area contributed by atoms with Gasteiger partial charge in [0.2, 0.25) is 0 Å². The Balaban J connectivity index is 0.922. The SMILES string of the molecule is c1cc(-c2ccc(-c3ccccc3-n3c4ccccc4c4ccccc43)cc2)cc(N(c2ccc(-c3cccc4c3oc3ccccc34)cc2)c2cccc3ccc4ccccc4c23)c1. The van der Waals surface area contributed by atoms with Gasteiger partial charge >= 0.3 is 0 Å². The Morgan fingerprint density at radius 2 is 0.908 bits per heavy atom. The van der Waals surface area contributed by atoms with E-state index in [4.69, 9.17) is 4.42 Å². The van der Waals surface area contributed by atoms with Crippen molar-refractivity contribution in [1.82, 2.24) is 4.57 Å². The van der Waals surface area contributed by atoms with E-state index < -0.39 is 0 Å². The van der Waals surface area contributed by atoms with Gasteiger partial charge in [-0.25, -0.2) is 0 Å². The first-order valence-corrected chi connectivity index (χ1v) is 22.2. The summed E-state index contributed by atoms with van der Waals surface area (Å²) in [7, 11) is 0. The molecule has 0 aliphatic carbocycles. The summed E-state index contributed by atoms with van der Waals surface area (Å²) in [5, 5.41) is 9.65. The first kappa shape index (κ1) is 36.9. The molecule has 65 heavy (non-hydrogen) atoms. The van der Waals surface area contributed by atoms with Gasteiger partial charge in [-0.05, 0) is 93.0 Å². The van der Waals surface area contributed by atoms with Crippen molar-refractivity contribution >= 4 is 82.4 Å². The fourth-order valence-corrected chi connectivity index (χ4v) is 10.2. The van der Waals surface area contributed by atoms with Crippen LogP contribution in [0.25, 0.3) is 104 Å². The zero-order chi connectivity index (χ0) is 42.8. The molecular formula is C62H40N2O. The third-order valence-electron chi connectivity index (χ3n) is 13.2. The van der Waals surface area contributed by atoms with Crippen LogP contribution in [0.1, 0.15) is 0 Å². The fourth-order valence-electron chi connectivity index (χ4n) is 10.2. The van der Waals surface area contributed by atoms with Gasteiger partial charge in [-0.3, -0.25) is 0 Å². The van der Waals surface area contributed by atoms with Gasteiger partial charge in [-0.15, -0.1) is 0 Å². The third-order valence-corrected chi connectivity index (χ3v) is 13.2. The van der Waals surface area contributed by atoms with Gasteiger partial charge in [0.15, 0.2) is 0 Å². The van der Waals surface area contributed by atoms with Crippen molar-refractivity contribution in [2.75, 3.05) is 4.90 Å². The summed E-state index contributed by atoms with van der Waals surface area (Å²) in [5.74, 6) is 0. The molecule has 13 aromatic rings. The minimum atomic E-state index is 0.902. The highest BCUT2D eigenvalue weighted by Gasteiger charge is 2.20. The molecule has 0 unspecified atom stereocenters. The van der Waals surface area contributed by atoms with Gasteiger partial charge < -0.3 is 13.9 Å². The monoisotopic (exact) mass is 828 g/mol. The lowest BCUT2D eigenvalue weighted by molar-refractivity contribution is 0.670. The second kappa shape index (κ2) is 15.0. The van der Waals surface area contributed by atoms with Gasteiger partial charge in [0, 0.05) is 49.4 Å². The number of fused-ring (bicyclic) bond motifs is 9. The normalized spacial score (nSPS) is 11.7. The number of nitrogens with zero attached hydrogens (tertiary/aromatic N) is 2. The van der Waals surface area contributed by atoms with Crippen LogP contribution in [0.15, 0.2) is 247 Å². The molecule has 13 rings (SSSR count). The van der Waals surface area contributed by atoms with E-state index in [1.54, 1.807) is 0 Å². The molecule has 2 aromatic heterocycles. The van der Waals surface area contributed by atoms with Crippen molar-refractivity contribution in [3.63, 3.8) is 0 Å². The number of anilines is 3. The highest BCUT2D eigenvalue weighted by atomic mass is 16.3. The van der Waals surface area contributed by atoms with Gasteiger partial charge in [-0.1, -0.05) is 188 Å². The molecule has 0 aliphatic rings. The first-order chi connectivity index (χ1) is 32.2. The second-order valence-electron chi connectivity index (χ2n) is 16.8. The molecule has 0 N–H and O–H groups in total. The van der Waals surface area contributed by atoms with E-state index in [1.807, 2.05) is 12.1 Å². The number of hydrogen-bond donors (Lipinski definition) is 0. The molecule has 11 aromatic carbocycles. The van der Waals surface area contributed by atoms with Crippen LogP contribution in [-0.2, 0) is 0 Å². The predicted octanol–water partition coefficient (Wildman–Crippen LogP) is 17.5. The maximum Gasteiger partial charge on any atom is 0.143 e. The molecule has 0 aliphatic heterocycles. The van der Waals surface area contributed by atoms with Crippen LogP contribution in [0.3, 0.4) is 0 Å². The van der Waals surface area contributed by atoms with Gasteiger partial charge in [0.25, 0.3) is 0 Å². The molecule has 304 valence electrons. The molecule has 0 fully saturated rings. The lowest BCUT2D eigenvalue weighted by atomic mass is 9.97. The summed E-state index contributed by atoms with van der Waals surface area (Å²) >= 11 is 0. The Labute approximate surface area is 376 Å². The summed E-state index contributed by atoms with van der Waals surface area (Å²) < 4.78 is 8.88. The van der Waals surface area contributed by atoms with Gasteiger partial charge in [-0.2, -0.15) is 0 Å². The van der Waals surface area contributed by atoms with Crippen LogP contribution < -0.4 is 4.90 Å². The molecule has 2 heterocycles. The van der Waals surface area contributed by atoms with E-state index in [-0.39, 0.29) is 0 Å². The smallest absolute Gasteiger partial charge is 0.143 e. The van der Waals surface area contributed by atoms with E-state index >= 15 is 0 Å². The zero-order valence-corrected chi connectivity index (χ0v) is 35.4. The summed E-state index contributed by atoms with van der Waals surface area (Å²) in [6.07, 6.45) is 0. The van der Waals surface area contributed by atoms with Crippen molar-refractivity contribution in [3.05, 3.63) is 243 Å². The first-order valence-electron chi connectivity index (χ1n) is 22.2. The number of rotatable bonds is 7. The molecule has 0 amide bonds. The highest BCUT2D eigenvalue weighted by Crippen LogP contribution is 2.44. The van der Waals surface area contributed by atoms with Crippen LogP contribution >= 0.6 is 0 Å². The molecule has 3 nitrogen and oxygen atoms in total. The van der Waals surface area contributed by atoms with E-state index in [2.05, 4.69) is 240 Å². The fraction of sp³-hybridized carbons (Fsp3) is 0. The maximum absolute atomic E-state index is 6.47. The average molecular weight is 829 g/mol. The van der Waals surface area contributed by atoms with Crippen LogP contribution in [0.5, 0.6) is 0 Å². The van der Waals surface area contributed by atoms with E-state index in [0.717, 1.165) is 66.9 Å². The van der Waals surface area contributed by atoms with Crippen molar-refractivity contribution in [1.29, 1.82) is 0 Å². The van der Waals surface area contributed by atoms with Gasteiger partial charge in [0.05, 0.1) is 22.4 Å². The summed E-state index contributed by atoms with van der Waals surface area (Å²) in [5.41, 5.74) is 15.5. The molecule has 0 saturated heterocycles. The van der Waals surface area contributed by atoms with E-state index in [0.29, 0.717) is 0 Å². The topological polar surface area (TPSA) is 21.3 Å². The second-order valence-corrected chi connectivity index (χ2v) is 16.8. The van der Waals surface area contributed by atoms with Crippen molar-refractivity contribution < 1.29 is 4.42 Å². The molecule has 0 atom stereocenters. The highest BCUT2D eigenvalue weighted by molar-refractivity contribution is 6.15. The lowest BCUT2D eigenvalue weighted by Crippen LogP contribution is -2.10. The number of para-hydroxylation sites is 5. The molecule has 0 radical (unpaired) electrons. The third kappa shape index (κ3) is 6.05. The zero-order valence-electron chi connectivity index (χ0n) is 35.4. The standard InChI is InChI=1S/C62H40N2O/c1-2-19-50-42(14-1)34-35-45-15-12-28-59(61(45)50)63(47-38-36-44(37-39-47)51-23-13-24-55-54-22-6-10-29-60(54)65-62(51)55)48-17-11-16-46(40-48)41-30-32-43(33-31-41)49-18-3-7-25-56(49)64-57-26-8-4-20-52(57)53-21-5-9-27-58(53)64/h1-40H. The van der Waals surface area contributed by atoms with Crippen molar-refractivity contribution in [2.24, 2.45) is 0 Å². The Morgan fingerprint density at radius 3 is 1.72 bits per heavy atom. The van der Waals surface area contributed by atoms with Crippen LogP contribution in [0, 0.1) is 0 Å². The largest absolute Gasteiger partial charge is 0.455 e. The van der Waals surface area contributed by atoms with Gasteiger partial charge in [0.1, 0.15) is 11.2 Å². The Kier molecular flexibility index (Phi) is 8.53. The number of benzene rings is 11. The molecule has 0 spiro atoms. The number of hydrogen-bond acceptors (Lipinski definition) is 2. The average Bonchev–Trinajstić information content (AvgIpc) is 3.93. The van der Waals surface area contributed by atoms with Crippen LogP contribution in [-0.4, -0.2) is 4.57 Å². The van der Waals surface area contributed by atoms with Crippen molar-refractivity contribution in [3.8, 4) is 39.1 Å². The van der Waals surface area contributed by atoms with Crippen molar-refractivity contribution in [2.45, 2.75) is 0 Å². The molecule has 0 saturated carbocycles. The van der Waals surface area contributed by atoms with E-state index in [1.165, 1.54) is 54.5 Å². The Bertz CT molecular complexity index is 3900. The molecule has 3 heteroatoms. The van der Waals surface area contributed by atoms with E-state index in [9.17, 15) is 0 Å². The van der Waals surface area contributed by atoms with Crippen LogP contribution in [0.4, 0.5) is 17.1 Å². The summed E-state index contributed by atoms with van der Waals surface area (Å²) in [4.78, 5) is 2.42. The maximum atomic E-state index is 6.47. The molecule has 0 bridgehead atoms. The number of aromatic nitrogens is 1. The quantitative estimate of drug-likeness (QED) is 0.149. The summed E-state index contributed by atoms with van der Waals surface area (Å²) in [6.45, 7) is 0.